The Morgan fingerprint density at radius 2 is 2.00 bits per heavy atom. The lowest BCUT2D eigenvalue weighted by Crippen LogP contribution is -2.52. The summed E-state index contributed by atoms with van der Waals surface area (Å²) < 4.78 is 5.74. The van der Waals surface area contributed by atoms with Gasteiger partial charge in [-0.2, -0.15) is 0 Å². The van der Waals surface area contributed by atoms with Gasteiger partial charge >= 0.3 is 0 Å². The number of rotatable bonds is 4. The summed E-state index contributed by atoms with van der Waals surface area (Å²) in [5.74, 6) is 0. The third kappa shape index (κ3) is 3.91. The van der Waals surface area contributed by atoms with Crippen LogP contribution in [0.3, 0.4) is 0 Å². The molecule has 2 unspecified atom stereocenters. The van der Waals surface area contributed by atoms with Gasteiger partial charge in [-0.15, -0.1) is 0 Å². The molecule has 0 aromatic heterocycles. The quantitative estimate of drug-likeness (QED) is 0.771. The molecule has 0 bridgehead atoms. The lowest BCUT2D eigenvalue weighted by atomic mass is 10.1. The summed E-state index contributed by atoms with van der Waals surface area (Å²) in [6, 6.07) is 0.633. The molecular weight excluding hydrogens is 214 g/mol. The first-order chi connectivity index (χ1) is 8.29. The molecular formula is C13H27N3O. The van der Waals surface area contributed by atoms with Crippen LogP contribution >= 0.6 is 0 Å². The molecule has 2 fully saturated rings. The Labute approximate surface area is 105 Å². The Bertz CT molecular complexity index is 219. The molecule has 2 aliphatic rings. The fourth-order valence-electron chi connectivity index (χ4n) is 2.77. The zero-order valence-electron chi connectivity index (χ0n) is 11.3. The minimum atomic E-state index is 0.404. The Kier molecular flexibility index (Phi) is 5.22. The van der Waals surface area contributed by atoms with Crippen molar-refractivity contribution in [1.82, 2.24) is 15.1 Å². The second kappa shape index (κ2) is 6.69. The highest BCUT2D eigenvalue weighted by Crippen LogP contribution is 2.14. The third-order valence-corrected chi connectivity index (χ3v) is 3.97. The van der Waals surface area contributed by atoms with Crippen LogP contribution in [-0.4, -0.2) is 74.4 Å². The molecule has 0 spiro atoms. The van der Waals surface area contributed by atoms with E-state index in [0.29, 0.717) is 12.1 Å². The zero-order chi connectivity index (χ0) is 12.1. The molecule has 0 saturated carbocycles. The number of piperazine rings is 1. The third-order valence-electron chi connectivity index (χ3n) is 3.97. The molecule has 100 valence electrons. The first-order valence-corrected chi connectivity index (χ1v) is 7.08. The minimum absolute atomic E-state index is 0.404. The molecule has 0 aromatic rings. The molecule has 2 atom stereocenters. The fraction of sp³-hybridized carbons (Fsp3) is 1.00. The lowest BCUT2D eigenvalue weighted by Gasteiger charge is -2.39. The second-order valence-corrected chi connectivity index (χ2v) is 5.29. The number of nitrogens with zero attached hydrogens (tertiary/aromatic N) is 2. The monoisotopic (exact) mass is 241 g/mol. The van der Waals surface area contributed by atoms with Gasteiger partial charge in [0.05, 0.1) is 12.7 Å². The van der Waals surface area contributed by atoms with Crippen LogP contribution in [0.4, 0.5) is 0 Å². The van der Waals surface area contributed by atoms with E-state index in [2.05, 4.69) is 29.0 Å². The van der Waals surface area contributed by atoms with Crippen molar-refractivity contribution >= 4 is 0 Å². The molecule has 2 heterocycles. The molecule has 4 nitrogen and oxygen atoms in total. The number of morpholine rings is 1. The van der Waals surface area contributed by atoms with E-state index < -0.39 is 0 Å². The van der Waals surface area contributed by atoms with Crippen LogP contribution in [0, 0.1) is 0 Å². The van der Waals surface area contributed by atoms with E-state index in [1.165, 1.54) is 32.6 Å². The van der Waals surface area contributed by atoms with Gasteiger partial charge in [-0.05, 0) is 13.3 Å². The molecule has 0 aliphatic carbocycles. The number of hydrogen-bond donors (Lipinski definition) is 1. The van der Waals surface area contributed by atoms with E-state index in [1.807, 2.05) is 0 Å². The van der Waals surface area contributed by atoms with E-state index in [1.54, 1.807) is 0 Å². The van der Waals surface area contributed by atoms with Gasteiger partial charge in [-0.3, -0.25) is 9.80 Å². The number of ether oxygens (including phenoxy) is 1. The topological polar surface area (TPSA) is 27.7 Å². The van der Waals surface area contributed by atoms with E-state index in [9.17, 15) is 0 Å². The van der Waals surface area contributed by atoms with Crippen molar-refractivity contribution in [1.29, 1.82) is 0 Å². The van der Waals surface area contributed by atoms with E-state index in [0.717, 1.165) is 26.2 Å². The maximum absolute atomic E-state index is 5.74. The van der Waals surface area contributed by atoms with Crippen molar-refractivity contribution in [2.45, 2.75) is 32.4 Å². The molecule has 17 heavy (non-hydrogen) atoms. The first kappa shape index (κ1) is 13.3. The summed E-state index contributed by atoms with van der Waals surface area (Å²) in [7, 11) is 0. The fourth-order valence-corrected chi connectivity index (χ4v) is 2.77. The Morgan fingerprint density at radius 1 is 1.24 bits per heavy atom. The van der Waals surface area contributed by atoms with Crippen LogP contribution in [0.25, 0.3) is 0 Å². The van der Waals surface area contributed by atoms with Gasteiger partial charge in [0.2, 0.25) is 0 Å². The van der Waals surface area contributed by atoms with Crippen molar-refractivity contribution in [3.05, 3.63) is 0 Å². The predicted molar refractivity (Wildman–Crippen MR) is 70.4 cm³/mol. The summed E-state index contributed by atoms with van der Waals surface area (Å²) >= 11 is 0. The highest BCUT2D eigenvalue weighted by Gasteiger charge is 2.25. The van der Waals surface area contributed by atoms with Gasteiger partial charge in [0, 0.05) is 51.9 Å². The Morgan fingerprint density at radius 3 is 2.71 bits per heavy atom. The van der Waals surface area contributed by atoms with E-state index in [4.69, 9.17) is 4.74 Å². The summed E-state index contributed by atoms with van der Waals surface area (Å²) in [4.78, 5) is 5.19. The molecule has 4 heteroatoms. The van der Waals surface area contributed by atoms with Crippen LogP contribution < -0.4 is 5.32 Å². The minimum Gasteiger partial charge on any atom is -0.376 e. The van der Waals surface area contributed by atoms with Crippen molar-refractivity contribution < 1.29 is 4.74 Å². The van der Waals surface area contributed by atoms with Crippen molar-refractivity contribution in [3.63, 3.8) is 0 Å². The van der Waals surface area contributed by atoms with Crippen LogP contribution in [0.1, 0.15) is 20.3 Å². The summed E-state index contributed by atoms with van der Waals surface area (Å²) in [6.45, 7) is 13.6. The molecule has 2 saturated heterocycles. The highest BCUT2D eigenvalue weighted by atomic mass is 16.5. The Hall–Kier alpha value is -0.160. The van der Waals surface area contributed by atoms with E-state index >= 15 is 0 Å². The van der Waals surface area contributed by atoms with E-state index in [-0.39, 0.29) is 0 Å². The maximum atomic E-state index is 5.74. The summed E-state index contributed by atoms with van der Waals surface area (Å²) in [5.41, 5.74) is 0. The second-order valence-electron chi connectivity index (χ2n) is 5.29. The Balaban J connectivity index is 1.74. The molecule has 1 N–H and O–H groups in total. The molecule has 2 rings (SSSR count). The van der Waals surface area contributed by atoms with Gasteiger partial charge in [0.1, 0.15) is 0 Å². The van der Waals surface area contributed by atoms with Gasteiger partial charge in [-0.1, -0.05) is 6.92 Å². The predicted octanol–water partition coefficient (Wildman–Crippen LogP) is 0.391. The van der Waals surface area contributed by atoms with Crippen molar-refractivity contribution in [2.24, 2.45) is 0 Å². The smallest absolute Gasteiger partial charge is 0.0674 e. The van der Waals surface area contributed by atoms with Crippen LogP contribution in [0.5, 0.6) is 0 Å². The number of hydrogen-bond acceptors (Lipinski definition) is 4. The number of nitrogens with one attached hydrogen (secondary N) is 1. The highest BCUT2D eigenvalue weighted by molar-refractivity contribution is 4.79. The van der Waals surface area contributed by atoms with Crippen LogP contribution in [0.2, 0.25) is 0 Å². The van der Waals surface area contributed by atoms with Crippen molar-refractivity contribution in [2.75, 3.05) is 52.4 Å². The summed E-state index contributed by atoms with van der Waals surface area (Å²) in [6.07, 6.45) is 1.61. The van der Waals surface area contributed by atoms with Crippen LogP contribution in [0.15, 0.2) is 0 Å². The van der Waals surface area contributed by atoms with Crippen molar-refractivity contribution in [3.8, 4) is 0 Å². The van der Waals surface area contributed by atoms with Gasteiger partial charge in [0.25, 0.3) is 0 Å². The zero-order valence-corrected chi connectivity index (χ0v) is 11.3. The first-order valence-electron chi connectivity index (χ1n) is 7.08. The normalized spacial score (nSPS) is 32.8. The average Bonchev–Trinajstić information content (AvgIpc) is 2.38. The molecule has 2 aliphatic heterocycles. The van der Waals surface area contributed by atoms with Crippen LogP contribution in [-0.2, 0) is 4.74 Å². The standard InChI is InChI=1S/C13H27N3O/c1-3-13-11-17-12(2)10-16(13)9-8-15-6-4-14-5-7-15/h12-14H,3-11H2,1-2H3. The lowest BCUT2D eigenvalue weighted by molar-refractivity contribution is -0.0580. The van der Waals surface area contributed by atoms with Gasteiger partial charge in [-0.25, -0.2) is 0 Å². The molecule has 0 amide bonds. The van der Waals surface area contributed by atoms with Gasteiger partial charge < -0.3 is 10.1 Å². The summed E-state index contributed by atoms with van der Waals surface area (Å²) in [5, 5.41) is 3.40. The largest absolute Gasteiger partial charge is 0.376 e. The maximum Gasteiger partial charge on any atom is 0.0674 e. The molecule has 0 radical (unpaired) electrons. The van der Waals surface area contributed by atoms with Gasteiger partial charge in [0.15, 0.2) is 0 Å². The molecule has 0 aromatic carbocycles. The average molecular weight is 241 g/mol. The SMILES string of the molecule is CCC1COC(C)CN1CCN1CCNCC1.